The normalized spacial score (nSPS) is 15.7. The Kier molecular flexibility index (Phi) is 8.66. The number of para-hydroxylation sites is 2. The number of aryl methyl sites for hydroxylation is 1. The van der Waals surface area contributed by atoms with Crippen molar-refractivity contribution in [1.29, 1.82) is 0 Å². The Morgan fingerprint density at radius 1 is 1.13 bits per heavy atom. The first-order valence-electron chi connectivity index (χ1n) is 11.0. The number of unbranched alkanes of at least 4 members (excludes halogenated alkanes) is 3. The van der Waals surface area contributed by atoms with Crippen molar-refractivity contribution < 1.29 is 14.6 Å². The van der Waals surface area contributed by atoms with Crippen LogP contribution in [0.25, 0.3) is 0 Å². The number of carbonyl (C=O) groups is 1. The van der Waals surface area contributed by atoms with E-state index < -0.39 is 12.0 Å². The lowest BCUT2D eigenvalue weighted by Crippen LogP contribution is -2.46. The SMILES string of the molecule is COc1ccccc1N1CCN(CCCCCCn2cc(C[C@H](N)C(=O)O)nn2)CC1. The van der Waals surface area contributed by atoms with E-state index in [0.29, 0.717) is 5.69 Å². The van der Waals surface area contributed by atoms with Gasteiger partial charge >= 0.3 is 5.97 Å². The molecule has 1 saturated heterocycles. The van der Waals surface area contributed by atoms with Gasteiger partial charge in [-0.2, -0.15) is 0 Å². The zero-order valence-electron chi connectivity index (χ0n) is 18.3. The molecule has 0 bridgehead atoms. The molecule has 0 saturated carbocycles. The number of methoxy groups -OCH3 is 1. The molecule has 0 radical (unpaired) electrons. The van der Waals surface area contributed by atoms with Crippen molar-refractivity contribution >= 4 is 11.7 Å². The lowest BCUT2D eigenvalue weighted by atomic mass is 10.1. The Balaban J connectivity index is 1.27. The molecule has 1 aliphatic rings. The van der Waals surface area contributed by atoms with E-state index in [1.165, 1.54) is 18.5 Å². The highest BCUT2D eigenvalue weighted by Gasteiger charge is 2.19. The average Bonchev–Trinajstić information content (AvgIpc) is 3.23. The van der Waals surface area contributed by atoms with Gasteiger partial charge in [-0.25, -0.2) is 0 Å². The summed E-state index contributed by atoms with van der Waals surface area (Å²) in [5, 5.41) is 16.9. The second-order valence-electron chi connectivity index (χ2n) is 8.04. The van der Waals surface area contributed by atoms with Gasteiger partial charge in [-0.05, 0) is 31.5 Å². The quantitative estimate of drug-likeness (QED) is 0.489. The van der Waals surface area contributed by atoms with Crippen LogP contribution in [0.3, 0.4) is 0 Å². The van der Waals surface area contributed by atoms with Crippen molar-refractivity contribution in [3.63, 3.8) is 0 Å². The first kappa shape index (κ1) is 23.0. The molecule has 1 aromatic heterocycles. The number of anilines is 1. The molecule has 9 nitrogen and oxygen atoms in total. The van der Waals surface area contributed by atoms with Crippen molar-refractivity contribution in [3.05, 3.63) is 36.2 Å². The van der Waals surface area contributed by atoms with Gasteiger partial charge in [0.1, 0.15) is 11.8 Å². The number of hydrogen-bond donors (Lipinski definition) is 2. The van der Waals surface area contributed by atoms with Crippen LogP contribution in [-0.2, 0) is 17.8 Å². The molecule has 1 aromatic carbocycles. The van der Waals surface area contributed by atoms with Crippen LogP contribution in [0.5, 0.6) is 5.75 Å². The van der Waals surface area contributed by atoms with E-state index >= 15 is 0 Å². The molecule has 3 N–H and O–H groups in total. The van der Waals surface area contributed by atoms with Crippen molar-refractivity contribution in [2.45, 2.75) is 44.7 Å². The van der Waals surface area contributed by atoms with E-state index in [9.17, 15) is 4.79 Å². The average molecular weight is 431 g/mol. The minimum atomic E-state index is -1.02. The predicted molar refractivity (Wildman–Crippen MR) is 119 cm³/mol. The molecule has 0 aliphatic carbocycles. The van der Waals surface area contributed by atoms with Crippen molar-refractivity contribution in [2.24, 2.45) is 5.73 Å². The minimum Gasteiger partial charge on any atom is -0.495 e. The van der Waals surface area contributed by atoms with Gasteiger partial charge in [-0.15, -0.1) is 5.10 Å². The number of piperazine rings is 1. The van der Waals surface area contributed by atoms with Crippen molar-refractivity contribution in [2.75, 3.05) is 44.7 Å². The Bertz CT molecular complexity index is 819. The molecule has 2 heterocycles. The number of aliphatic carboxylic acids is 1. The highest BCUT2D eigenvalue weighted by molar-refractivity contribution is 5.73. The summed E-state index contributed by atoms with van der Waals surface area (Å²) in [5.41, 5.74) is 7.35. The van der Waals surface area contributed by atoms with Crippen LogP contribution in [0.15, 0.2) is 30.5 Å². The molecule has 0 unspecified atom stereocenters. The summed E-state index contributed by atoms with van der Waals surface area (Å²) in [6.45, 7) is 6.16. The molecule has 0 amide bonds. The van der Waals surface area contributed by atoms with Crippen LogP contribution in [0, 0.1) is 0 Å². The number of rotatable bonds is 12. The standard InChI is InChI=1S/C22H34N6O3/c1-31-21-9-5-4-8-20(21)27-14-12-26(13-15-27)10-6-2-3-7-11-28-17-18(24-25-28)16-19(23)22(29)30/h4-5,8-9,17,19H,2-3,6-7,10-16,23H2,1H3,(H,29,30)/t19-/m0/s1. The molecular formula is C22H34N6O3. The summed E-state index contributed by atoms with van der Waals surface area (Å²) < 4.78 is 7.27. The maximum Gasteiger partial charge on any atom is 0.320 e. The second-order valence-corrected chi connectivity index (χ2v) is 8.04. The molecule has 1 atom stereocenters. The molecule has 1 fully saturated rings. The predicted octanol–water partition coefficient (Wildman–Crippen LogP) is 1.62. The zero-order chi connectivity index (χ0) is 22.1. The third-order valence-electron chi connectivity index (χ3n) is 5.74. The fourth-order valence-corrected chi connectivity index (χ4v) is 3.92. The molecule has 0 spiro atoms. The molecule has 170 valence electrons. The van der Waals surface area contributed by atoms with E-state index in [-0.39, 0.29) is 6.42 Å². The van der Waals surface area contributed by atoms with E-state index in [0.717, 1.165) is 57.9 Å². The van der Waals surface area contributed by atoms with Crippen LogP contribution in [0.4, 0.5) is 5.69 Å². The van der Waals surface area contributed by atoms with E-state index in [2.05, 4.69) is 32.2 Å². The van der Waals surface area contributed by atoms with Gasteiger partial charge in [0.15, 0.2) is 0 Å². The largest absolute Gasteiger partial charge is 0.495 e. The van der Waals surface area contributed by atoms with E-state index in [1.807, 2.05) is 12.1 Å². The van der Waals surface area contributed by atoms with Crippen LogP contribution in [-0.4, -0.2) is 76.8 Å². The van der Waals surface area contributed by atoms with Gasteiger partial charge in [-0.1, -0.05) is 30.2 Å². The van der Waals surface area contributed by atoms with Gasteiger partial charge < -0.3 is 20.5 Å². The highest BCUT2D eigenvalue weighted by atomic mass is 16.5. The van der Waals surface area contributed by atoms with E-state index in [1.54, 1.807) is 18.0 Å². The maximum absolute atomic E-state index is 10.8. The first-order chi connectivity index (χ1) is 15.1. The third-order valence-corrected chi connectivity index (χ3v) is 5.74. The molecule has 9 heteroatoms. The summed E-state index contributed by atoms with van der Waals surface area (Å²) >= 11 is 0. The fraction of sp³-hybridized carbons (Fsp3) is 0.591. The number of nitrogens with zero attached hydrogens (tertiary/aromatic N) is 5. The van der Waals surface area contributed by atoms with Crippen LogP contribution >= 0.6 is 0 Å². The van der Waals surface area contributed by atoms with Gasteiger partial charge in [0.05, 0.1) is 18.5 Å². The molecule has 3 rings (SSSR count). The van der Waals surface area contributed by atoms with Crippen LogP contribution in [0.1, 0.15) is 31.4 Å². The number of ether oxygens (including phenoxy) is 1. The third kappa shape index (κ3) is 6.93. The number of carboxylic acid groups (broad SMARTS) is 1. The van der Waals surface area contributed by atoms with E-state index in [4.69, 9.17) is 15.6 Å². The molecule has 1 aliphatic heterocycles. The fourth-order valence-electron chi connectivity index (χ4n) is 3.92. The zero-order valence-corrected chi connectivity index (χ0v) is 18.3. The molecular weight excluding hydrogens is 396 g/mol. The van der Waals surface area contributed by atoms with Crippen LogP contribution in [0.2, 0.25) is 0 Å². The Hall–Kier alpha value is -2.65. The monoisotopic (exact) mass is 430 g/mol. The van der Waals surface area contributed by atoms with Crippen molar-refractivity contribution in [3.8, 4) is 5.75 Å². The highest BCUT2D eigenvalue weighted by Crippen LogP contribution is 2.28. The van der Waals surface area contributed by atoms with Gasteiger partial charge in [0.2, 0.25) is 0 Å². The summed E-state index contributed by atoms with van der Waals surface area (Å²) in [6.07, 6.45) is 6.58. The lowest BCUT2D eigenvalue weighted by molar-refractivity contribution is -0.138. The topological polar surface area (TPSA) is 110 Å². The van der Waals surface area contributed by atoms with Gasteiger partial charge in [0.25, 0.3) is 0 Å². The van der Waals surface area contributed by atoms with Crippen LogP contribution < -0.4 is 15.4 Å². The summed E-state index contributed by atoms with van der Waals surface area (Å²) in [6, 6.07) is 7.30. The Morgan fingerprint density at radius 3 is 2.55 bits per heavy atom. The lowest BCUT2D eigenvalue weighted by Gasteiger charge is -2.36. The van der Waals surface area contributed by atoms with Gasteiger partial charge in [0, 0.05) is 45.3 Å². The second kappa shape index (κ2) is 11.7. The number of benzene rings is 1. The number of carboxylic acids is 1. The number of nitrogens with two attached hydrogens (primary N) is 1. The molecule has 31 heavy (non-hydrogen) atoms. The van der Waals surface area contributed by atoms with Crippen molar-refractivity contribution in [1.82, 2.24) is 19.9 Å². The van der Waals surface area contributed by atoms with Gasteiger partial charge in [-0.3, -0.25) is 14.4 Å². The number of aromatic nitrogens is 3. The number of hydrogen-bond acceptors (Lipinski definition) is 7. The maximum atomic E-state index is 10.8. The first-order valence-corrected chi connectivity index (χ1v) is 11.0. The summed E-state index contributed by atoms with van der Waals surface area (Å²) in [7, 11) is 1.73. The summed E-state index contributed by atoms with van der Waals surface area (Å²) in [4.78, 5) is 15.8. The Morgan fingerprint density at radius 2 is 1.84 bits per heavy atom. The molecule has 2 aromatic rings. The smallest absolute Gasteiger partial charge is 0.320 e. The Labute approximate surface area is 183 Å². The summed E-state index contributed by atoms with van der Waals surface area (Å²) in [5.74, 6) is -0.0732. The minimum absolute atomic E-state index is 0.208.